The number of rotatable bonds is 10. The van der Waals surface area contributed by atoms with Crippen LogP contribution in [0.3, 0.4) is 0 Å². The predicted octanol–water partition coefficient (Wildman–Crippen LogP) is 6.04. The molecule has 1 saturated heterocycles. The fraction of sp³-hybridized carbons (Fsp3) is 0.316. The first-order valence-corrected chi connectivity index (χ1v) is 17.5. The summed E-state index contributed by atoms with van der Waals surface area (Å²) in [5.74, 6) is 2.32. The van der Waals surface area contributed by atoms with Crippen LogP contribution in [0, 0.1) is 12.8 Å². The van der Waals surface area contributed by atoms with E-state index in [1.165, 1.54) is 23.1 Å². The quantitative estimate of drug-likeness (QED) is 0.0762. The van der Waals surface area contributed by atoms with E-state index in [1.54, 1.807) is 39.6 Å². The Morgan fingerprint density at radius 1 is 1.02 bits per heavy atom. The van der Waals surface area contributed by atoms with Gasteiger partial charge in [-0.3, -0.25) is 19.8 Å². The number of anilines is 2. The van der Waals surface area contributed by atoms with Gasteiger partial charge < -0.3 is 25.1 Å². The van der Waals surface area contributed by atoms with Crippen molar-refractivity contribution in [3.05, 3.63) is 102 Å². The van der Waals surface area contributed by atoms with Crippen LogP contribution in [0.4, 0.5) is 11.5 Å². The van der Waals surface area contributed by atoms with Crippen molar-refractivity contribution < 1.29 is 26.6 Å². The molecular formula is C38H37Cl2MnN7O4. The third kappa shape index (κ3) is 6.74. The number of nitrogens with zero attached hydrogens (tertiary/aromatic N) is 5. The summed E-state index contributed by atoms with van der Waals surface area (Å²) in [7, 11) is 4.72. The second-order valence-corrected chi connectivity index (χ2v) is 13.8. The van der Waals surface area contributed by atoms with Gasteiger partial charge in [-0.1, -0.05) is 53.5 Å². The number of likely N-dealkylation sites (tertiary alicyclic amines) is 1. The molecule has 52 heavy (non-hydrogen) atoms. The Morgan fingerprint density at radius 3 is 2.50 bits per heavy atom. The maximum atomic E-state index is 13.3. The van der Waals surface area contributed by atoms with E-state index < -0.39 is 11.2 Å². The van der Waals surface area contributed by atoms with E-state index in [2.05, 4.69) is 26.6 Å². The van der Waals surface area contributed by atoms with Crippen molar-refractivity contribution in [1.29, 1.82) is 0 Å². The molecule has 0 spiro atoms. The predicted molar refractivity (Wildman–Crippen MR) is 201 cm³/mol. The number of fused-ring (bicyclic) bond motifs is 2. The molecule has 14 heteroatoms. The molecule has 2 N–H and O–H groups in total. The number of aromatic nitrogens is 4. The maximum absolute atomic E-state index is 13.3. The monoisotopic (exact) mass is 780 g/mol. The van der Waals surface area contributed by atoms with E-state index in [-0.39, 0.29) is 28.5 Å². The SMILES string of the molecule is COc1nc(-c2cccc(-c3cccc(Nc4nc(C)cc5c4c(=O)n(C)c(=O)n5C)c3Cl)c2Cl)cc2c1C(N1CC[C-](CCN[C-]=O)C1)CC2.[Mn+2]. The molecule has 1 amide bonds. The third-order valence-corrected chi connectivity index (χ3v) is 10.8. The van der Waals surface area contributed by atoms with Crippen LogP contribution in [0.5, 0.6) is 5.88 Å². The molecule has 1 radical (unpaired) electrons. The van der Waals surface area contributed by atoms with Crippen LogP contribution in [-0.4, -0.2) is 57.2 Å². The van der Waals surface area contributed by atoms with E-state index >= 15 is 0 Å². The molecule has 0 bridgehead atoms. The van der Waals surface area contributed by atoms with Crippen LogP contribution < -0.4 is 26.6 Å². The number of benzene rings is 2. The molecule has 1 aliphatic carbocycles. The van der Waals surface area contributed by atoms with Gasteiger partial charge >= 0.3 is 22.8 Å². The van der Waals surface area contributed by atoms with Crippen LogP contribution in [-0.2, 0) is 42.4 Å². The second-order valence-electron chi connectivity index (χ2n) is 13.1. The van der Waals surface area contributed by atoms with Gasteiger partial charge in [0.25, 0.3) is 5.56 Å². The molecule has 5 aromatic rings. The normalized spacial score (nSPS) is 15.8. The van der Waals surface area contributed by atoms with Crippen molar-refractivity contribution in [2.45, 2.75) is 38.6 Å². The van der Waals surface area contributed by atoms with Gasteiger partial charge in [-0.15, -0.1) is 6.54 Å². The summed E-state index contributed by atoms with van der Waals surface area (Å²) in [6.45, 7) is 4.27. The first-order chi connectivity index (χ1) is 24.6. The Kier molecular flexibility index (Phi) is 11.1. The molecular weight excluding hydrogens is 744 g/mol. The minimum Gasteiger partial charge on any atom is -0.532 e. The standard InChI is InChI=1S/C38H37Cl2N7O4.Mn/c1-21-17-30-32(37(49)46(3)38(50)45(30)2)35(42-21)43-27-10-6-8-25(34(27)40)24-7-5-9-26(33(24)39)28-18-23-11-12-29(31(23)36(44-28)51-4)47-16-14-22(19-47)13-15-41-20-48;/h5-10,17-18,29H,11-16,19H2,1-4H3,(H,41,48)(H,42,43);/q-2;+2. The summed E-state index contributed by atoms with van der Waals surface area (Å²) in [5, 5.41) is 7.06. The molecule has 2 aromatic carbocycles. The number of hydrogen-bond acceptors (Lipinski definition) is 8. The summed E-state index contributed by atoms with van der Waals surface area (Å²) in [6, 6.07) is 15.4. The smallest absolute Gasteiger partial charge is 0.532 e. The van der Waals surface area contributed by atoms with Gasteiger partial charge in [0.15, 0.2) is 0 Å². The van der Waals surface area contributed by atoms with Crippen molar-refractivity contribution >= 4 is 52.0 Å². The van der Waals surface area contributed by atoms with Crippen molar-refractivity contribution in [2.75, 3.05) is 32.1 Å². The minimum absolute atomic E-state index is 0. The summed E-state index contributed by atoms with van der Waals surface area (Å²) in [6.07, 6.45) is 5.50. The van der Waals surface area contributed by atoms with Crippen molar-refractivity contribution in [1.82, 2.24) is 29.3 Å². The minimum atomic E-state index is -0.458. The Morgan fingerprint density at radius 2 is 1.75 bits per heavy atom. The van der Waals surface area contributed by atoms with E-state index in [4.69, 9.17) is 32.9 Å². The molecule has 2 aliphatic rings. The van der Waals surface area contributed by atoms with Crippen LogP contribution in [0.25, 0.3) is 33.3 Å². The molecule has 1 fully saturated rings. The molecule has 0 saturated carbocycles. The molecule has 1 unspecified atom stereocenters. The molecule has 4 heterocycles. The molecule has 269 valence electrons. The molecule has 1 aliphatic heterocycles. The van der Waals surface area contributed by atoms with Gasteiger partial charge in [-0.05, 0) is 56.6 Å². The van der Waals surface area contributed by atoms with E-state index in [0.717, 1.165) is 54.5 Å². The molecule has 7 rings (SSSR count). The zero-order chi connectivity index (χ0) is 36.0. The number of amides is 1. The largest absolute Gasteiger partial charge is 2.00 e. The van der Waals surface area contributed by atoms with Crippen LogP contribution in [0.15, 0.2) is 58.1 Å². The fourth-order valence-electron chi connectivity index (χ4n) is 7.45. The van der Waals surface area contributed by atoms with Gasteiger partial charge in [-0.2, -0.15) is 19.3 Å². The average molecular weight is 782 g/mol. The summed E-state index contributed by atoms with van der Waals surface area (Å²) in [4.78, 5) is 48.5. The van der Waals surface area contributed by atoms with Crippen LogP contribution in [0.2, 0.25) is 10.0 Å². The zero-order valence-electron chi connectivity index (χ0n) is 29.1. The number of nitrogens with one attached hydrogen (secondary N) is 2. The van der Waals surface area contributed by atoms with Crippen LogP contribution >= 0.6 is 23.2 Å². The van der Waals surface area contributed by atoms with Gasteiger partial charge in [0.05, 0.1) is 34.1 Å². The van der Waals surface area contributed by atoms with Crippen LogP contribution in [0.1, 0.15) is 42.1 Å². The first-order valence-electron chi connectivity index (χ1n) is 16.8. The first kappa shape index (κ1) is 37.6. The molecule has 11 nitrogen and oxygen atoms in total. The number of halogens is 2. The number of carbonyl (C=O) groups excluding carboxylic acids is 1. The van der Waals surface area contributed by atoms with Gasteiger partial charge in [0.1, 0.15) is 11.2 Å². The second kappa shape index (κ2) is 15.4. The Bertz CT molecular complexity index is 2310. The average Bonchev–Trinajstić information content (AvgIpc) is 3.78. The fourth-order valence-corrected chi connectivity index (χ4v) is 8.05. The Labute approximate surface area is 321 Å². The van der Waals surface area contributed by atoms with Crippen molar-refractivity contribution in [2.24, 2.45) is 14.1 Å². The Hall–Kier alpha value is -4.19. The number of ether oxygens (including phenoxy) is 1. The Balaban J connectivity index is 0.00000464. The molecule has 1 atom stereocenters. The number of methoxy groups -OCH3 is 1. The van der Waals surface area contributed by atoms with E-state index in [9.17, 15) is 14.4 Å². The molecule has 3 aromatic heterocycles. The van der Waals surface area contributed by atoms with Gasteiger partial charge in [0, 0.05) is 48.1 Å². The van der Waals surface area contributed by atoms with Crippen molar-refractivity contribution in [3.63, 3.8) is 0 Å². The number of pyridine rings is 2. The van der Waals surface area contributed by atoms with Gasteiger partial charge in [-0.25, -0.2) is 14.8 Å². The third-order valence-electron chi connectivity index (χ3n) is 10.0. The maximum Gasteiger partial charge on any atom is 2.00 e. The van der Waals surface area contributed by atoms with E-state index in [1.807, 2.05) is 30.3 Å². The van der Waals surface area contributed by atoms with Gasteiger partial charge in [0.2, 0.25) is 5.88 Å². The number of aryl methyl sites for hydroxylation is 3. The summed E-state index contributed by atoms with van der Waals surface area (Å²) >= 11 is 14.3. The summed E-state index contributed by atoms with van der Waals surface area (Å²) < 4.78 is 8.40. The zero-order valence-corrected chi connectivity index (χ0v) is 31.8. The topological polar surface area (TPSA) is 123 Å². The summed E-state index contributed by atoms with van der Waals surface area (Å²) in [5.41, 5.74) is 5.92. The number of hydrogen-bond donors (Lipinski definition) is 2. The van der Waals surface area contributed by atoms with Crippen molar-refractivity contribution in [3.8, 4) is 28.3 Å². The van der Waals surface area contributed by atoms with E-state index in [0.29, 0.717) is 62.0 Å².